The van der Waals surface area contributed by atoms with Gasteiger partial charge in [0.05, 0.1) is 25.5 Å². The Kier molecular flexibility index (Phi) is 3.55. The third kappa shape index (κ3) is 2.17. The summed E-state index contributed by atoms with van der Waals surface area (Å²) in [5, 5.41) is 25.7. The topological polar surface area (TPSA) is 84.0 Å². The molecule has 18 heavy (non-hydrogen) atoms. The second-order valence-corrected chi connectivity index (χ2v) is 3.59. The monoisotopic (exact) mass is 244 g/mol. The number of nitriles is 1. The summed E-state index contributed by atoms with van der Waals surface area (Å²) in [6.07, 6.45) is 0. The molecule has 0 amide bonds. The van der Waals surface area contributed by atoms with Gasteiger partial charge in [0, 0.05) is 5.56 Å². The highest BCUT2D eigenvalue weighted by Gasteiger charge is 2.14. The number of aliphatic hydroxyl groups is 1. The maximum atomic E-state index is 9.26. The van der Waals surface area contributed by atoms with Crippen molar-refractivity contribution in [1.29, 1.82) is 5.26 Å². The molecule has 0 spiro atoms. The van der Waals surface area contributed by atoms with E-state index in [0.29, 0.717) is 17.1 Å². The lowest BCUT2D eigenvalue weighted by Gasteiger charge is -2.06. The number of hydrogen-bond donors (Lipinski definition) is 1. The number of rotatable bonds is 4. The first-order chi connectivity index (χ1) is 8.80. The van der Waals surface area contributed by atoms with E-state index in [1.807, 2.05) is 30.3 Å². The van der Waals surface area contributed by atoms with Gasteiger partial charge < -0.3 is 9.84 Å². The summed E-state index contributed by atoms with van der Waals surface area (Å²) in [5.41, 5.74) is 1.88. The van der Waals surface area contributed by atoms with Crippen LogP contribution < -0.4 is 4.74 Å². The van der Waals surface area contributed by atoms with Crippen LogP contribution in [0.4, 0.5) is 0 Å². The van der Waals surface area contributed by atoms with Crippen LogP contribution in [-0.2, 0) is 13.2 Å². The first-order valence-corrected chi connectivity index (χ1v) is 5.34. The third-order valence-electron chi connectivity index (χ3n) is 2.52. The molecular formula is C12H12N4O2. The van der Waals surface area contributed by atoms with Crippen LogP contribution in [0.15, 0.2) is 24.3 Å². The summed E-state index contributed by atoms with van der Waals surface area (Å²) < 4.78 is 6.61. The molecule has 0 unspecified atom stereocenters. The van der Waals surface area contributed by atoms with E-state index in [1.54, 1.807) is 7.11 Å². The zero-order valence-electron chi connectivity index (χ0n) is 9.87. The SMILES string of the molecule is COc1cccc(-c2c(CO)nnn2CC#N)c1. The molecule has 0 fully saturated rings. The number of aromatic nitrogens is 3. The van der Waals surface area contributed by atoms with Crippen molar-refractivity contribution in [3.63, 3.8) is 0 Å². The molecule has 0 radical (unpaired) electrons. The van der Waals surface area contributed by atoms with Gasteiger partial charge in [-0.1, -0.05) is 17.3 Å². The maximum Gasteiger partial charge on any atom is 0.130 e. The van der Waals surface area contributed by atoms with E-state index in [4.69, 9.17) is 10.00 Å². The van der Waals surface area contributed by atoms with E-state index in [1.165, 1.54) is 4.68 Å². The van der Waals surface area contributed by atoms with Gasteiger partial charge in [-0.05, 0) is 12.1 Å². The van der Waals surface area contributed by atoms with Crippen LogP contribution in [0.1, 0.15) is 5.69 Å². The number of ether oxygens (including phenoxy) is 1. The Morgan fingerprint density at radius 1 is 1.50 bits per heavy atom. The van der Waals surface area contributed by atoms with Crippen molar-refractivity contribution >= 4 is 0 Å². The zero-order chi connectivity index (χ0) is 13.0. The Balaban J connectivity index is 2.53. The minimum absolute atomic E-state index is 0.0829. The molecule has 6 nitrogen and oxygen atoms in total. The molecule has 0 saturated carbocycles. The van der Waals surface area contributed by atoms with E-state index >= 15 is 0 Å². The molecule has 2 aromatic rings. The van der Waals surface area contributed by atoms with Gasteiger partial charge in [-0.25, -0.2) is 4.68 Å². The largest absolute Gasteiger partial charge is 0.497 e. The van der Waals surface area contributed by atoms with Crippen molar-refractivity contribution in [3.05, 3.63) is 30.0 Å². The molecule has 1 aromatic carbocycles. The minimum Gasteiger partial charge on any atom is -0.497 e. The van der Waals surface area contributed by atoms with Gasteiger partial charge in [-0.2, -0.15) is 5.26 Å². The highest BCUT2D eigenvalue weighted by molar-refractivity contribution is 5.63. The van der Waals surface area contributed by atoms with Crippen molar-refractivity contribution < 1.29 is 9.84 Å². The fourth-order valence-corrected chi connectivity index (χ4v) is 1.72. The molecule has 0 aliphatic rings. The number of benzene rings is 1. The van der Waals surface area contributed by atoms with Crippen molar-refractivity contribution in [2.24, 2.45) is 0 Å². The number of methoxy groups -OCH3 is 1. The van der Waals surface area contributed by atoms with Gasteiger partial charge in [0.25, 0.3) is 0 Å². The van der Waals surface area contributed by atoms with Gasteiger partial charge >= 0.3 is 0 Å². The molecule has 2 rings (SSSR count). The molecule has 1 heterocycles. The van der Waals surface area contributed by atoms with Crippen LogP contribution in [0.25, 0.3) is 11.3 Å². The lowest BCUT2D eigenvalue weighted by Crippen LogP contribution is -2.01. The van der Waals surface area contributed by atoms with Crippen molar-refractivity contribution in [1.82, 2.24) is 15.0 Å². The Labute approximate surface area is 104 Å². The van der Waals surface area contributed by atoms with E-state index < -0.39 is 0 Å². The number of nitrogens with zero attached hydrogens (tertiary/aromatic N) is 4. The normalized spacial score (nSPS) is 10.1. The summed E-state index contributed by atoms with van der Waals surface area (Å²) in [7, 11) is 1.58. The quantitative estimate of drug-likeness (QED) is 0.866. The standard InChI is InChI=1S/C12H12N4O2/c1-18-10-4-2-3-9(7-10)12-11(8-17)14-15-16(12)6-5-13/h2-4,7,17H,6,8H2,1H3. The molecule has 0 aliphatic heterocycles. The van der Waals surface area contributed by atoms with E-state index in [2.05, 4.69) is 10.3 Å². The molecule has 0 aliphatic carbocycles. The molecule has 1 aromatic heterocycles. The zero-order valence-corrected chi connectivity index (χ0v) is 9.87. The number of aliphatic hydroxyl groups excluding tert-OH is 1. The molecule has 6 heteroatoms. The second kappa shape index (κ2) is 5.29. The summed E-state index contributed by atoms with van der Waals surface area (Å²) in [5.74, 6) is 0.695. The van der Waals surface area contributed by atoms with Gasteiger partial charge in [-0.15, -0.1) is 5.10 Å². The Hall–Kier alpha value is -2.39. The fraction of sp³-hybridized carbons (Fsp3) is 0.250. The fourth-order valence-electron chi connectivity index (χ4n) is 1.72. The average molecular weight is 244 g/mol. The smallest absolute Gasteiger partial charge is 0.130 e. The predicted octanol–water partition coefficient (Wildman–Crippen LogP) is 0.970. The minimum atomic E-state index is -0.224. The molecule has 92 valence electrons. The lowest BCUT2D eigenvalue weighted by atomic mass is 10.1. The maximum absolute atomic E-state index is 9.26. The molecule has 0 atom stereocenters. The highest BCUT2D eigenvalue weighted by Crippen LogP contribution is 2.25. The van der Waals surface area contributed by atoms with Gasteiger partial charge in [0.15, 0.2) is 0 Å². The summed E-state index contributed by atoms with van der Waals surface area (Å²) in [6, 6.07) is 9.33. The van der Waals surface area contributed by atoms with Crippen LogP contribution in [0.2, 0.25) is 0 Å². The van der Waals surface area contributed by atoms with Crippen LogP contribution in [0, 0.1) is 11.3 Å². The van der Waals surface area contributed by atoms with Gasteiger partial charge in [-0.3, -0.25) is 0 Å². The Bertz CT molecular complexity index is 586. The van der Waals surface area contributed by atoms with Crippen LogP contribution >= 0.6 is 0 Å². The summed E-state index contributed by atoms with van der Waals surface area (Å²) in [6.45, 7) is -0.141. The van der Waals surface area contributed by atoms with Crippen molar-refractivity contribution in [2.75, 3.05) is 7.11 Å². The third-order valence-corrected chi connectivity index (χ3v) is 2.52. The predicted molar refractivity (Wildman–Crippen MR) is 63.5 cm³/mol. The number of hydrogen-bond acceptors (Lipinski definition) is 5. The van der Waals surface area contributed by atoms with E-state index in [-0.39, 0.29) is 13.2 Å². The molecule has 0 saturated heterocycles. The highest BCUT2D eigenvalue weighted by atomic mass is 16.5. The van der Waals surface area contributed by atoms with Crippen LogP contribution in [-0.4, -0.2) is 27.2 Å². The average Bonchev–Trinajstić information content (AvgIpc) is 2.82. The van der Waals surface area contributed by atoms with E-state index in [9.17, 15) is 5.11 Å². The lowest BCUT2D eigenvalue weighted by molar-refractivity contribution is 0.277. The van der Waals surface area contributed by atoms with Crippen LogP contribution in [0.5, 0.6) is 5.75 Å². The Morgan fingerprint density at radius 3 is 3.00 bits per heavy atom. The first kappa shape index (κ1) is 12.1. The van der Waals surface area contributed by atoms with Crippen molar-refractivity contribution in [2.45, 2.75) is 13.2 Å². The molecular weight excluding hydrogens is 232 g/mol. The first-order valence-electron chi connectivity index (χ1n) is 5.34. The molecule has 1 N–H and O–H groups in total. The summed E-state index contributed by atoms with van der Waals surface area (Å²) >= 11 is 0. The van der Waals surface area contributed by atoms with Gasteiger partial charge in [0.2, 0.25) is 0 Å². The van der Waals surface area contributed by atoms with E-state index in [0.717, 1.165) is 5.56 Å². The second-order valence-electron chi connectivity index (χ2n) is 3.59. The van der Waals surface area contributed by atoms with Crippen molar-refractivity contribution in [3.8, 4) is 23.1 Å². The Morgan fingerprint density at radius 2 is 2.33 bits per heavy atom. The molecule has 0 bridgehead atoms. The summed E-state index contributed by atoms with van der Waals surface area (Å²) in [4.78, 5) is 0. The van der Waals surface area contributed by atoms with Crippen LogP contribution in [0.3, 0.4) is 0 Å². The van der Waals surface area contributed by atoms with Gasteiger partial charge in [0.1, 0.15) is 18.0 Å².